The summed E-state index contributed by atoms with van der Waals surface area (Å²) in [7, 11) is 0. The van der Waals surface area contributed by atoms with Gasteiger partial charge in [0.05, 0.1) is 29.2 Å². The molecule has 0 saturated heterocycles. The minimum atomic E-state index is 0.680. The normalized spacial score (nSPS) is 10.3. The summed E-state index contributed by atoms with van der Waals surface area (Å²) in [5.74, 6) is 0. The summed E-state index contributed by atoms with van der Waals surface area (Å²) in [6.07, 6.45) is 0.938. The molecule has 20 heavy (non-hydrogen) atoms. The van der Waals surface area contributed by atoms with Gasteiger partial charge < -0.3 is 5.32 Å². The molecule has 0 atom stereocenters. The van der Waals surface area contributed by atoms with Crippen LogP contribution < -0.4 is 5.32 Å². The van der Waals surface area contributed by atoms with Gasteiger partial charge in [0.1, 0.15) is 6.07 Å². The number of anilines is 1. The molecule has 0 aliphatic carbocycles. The van der Waals surface area contributed by atoms with Gasteiger partial charge >= 0.3 is 0 Å². The van der Waals surface area contributed by atoms with Crippen LogP contribution in [0, 0.1) is 18.3 Å². The number of aromatic nitrogens is 2. The number of aryl methyl sites for hydroxylation is 3. The Labute approximate surface area is 120 Å². The van der Waals surface area contributed by atoms with Crippen LogP contribution in [0.3, 0.4) is 0 Å². The zero-order valence-electron chi connectivity index (χ0n) is 12.3. The molecule has 0 saturated carbocycles. The quantitative estimate of drug-likeness (QED) is 0.905. The van der Waals surface area contributed by atoms with Crippen molar-refractivity contribution in [2.75, 3.05) is 5.32 Å². The Morgan fingerprint density at radius 2 is 2.15 bits per heavy atom. The van der Waals surface area contributed by atoms with Gasteiger partial charge in [-0.25, -0.2) is 0 Å². The third-order valence-corrected chi connectivity index (χ3v) is 3.42. The topological polar surface area (TPSA) is 53.6 Å². The smallest absolute Gasteiger partial charge is 0.102 e. The predicted octanol–water partition coefficient (Wildman–Crippen LogP) is 3.26. The van der Waals surface area contributed by atoms with E-state index < -0.39 is 0 Å². The number of rotatable bonds is 5. The SMILES string of the molecule is CCc1cc(CNc2cccc(C)c2C#N)n(CC)n1. The number of hydrogen-bond donors (Lipinski definition) is 1. The Bertz CT molecular complexity index is 634. The largest absolute Gasteiger partial charge is 0.378 e. The Balaban J connectivity index is 2.19. The van der Waals surface area contributed by atoms with Gasteiger partial charge in [-0.15, -0.1) is 0 Å². The summed E-state index contributed by atoms with van der Waals surface area (Å²) in [5.41, 5.74) is 4.85. The van der Waals surface area contributed by atoms with Gasteiger partial charge in [0.25, 0.3) is 0 Å². The van der Waals surface area contributed by atoms with Gasteiger partial charge in [0, 0.05) is 6.54 Å². The van der Waals surface area contributed by atoms with Gasteiger partial charge in [0.15, 0.2) is 0 Å². The number of nitrogens with zero attached hydrogens (tertiary/aromatic N) is 3. The van der Waals surface area contributed by atoms with Gasteiger partial charge in [-0.05, 0) is 38.0 Å². The molecule has 0 unspecified atom stereocenters. The fourth-order valence-corrected chi connectivity index (χ4v) is 2.25. The third-order valence-electron chi connectivity index (χ3n) is 3.42. The van der Waals surface area contributed by atoms with Gasteiger partial charge in [-0.2, -0.15) is 10.4 Å². The molecule has 2 aromatic rings. The lowest BCUT2D eigenvalue weighted by Crippen LogP contribution is -2.08. The maximum atomic E-state index is 9.23. The first-order chi connectivity index (χ1) is 9.69. The molecule has 0 amide bonds. The third kappa shape index (κ3) is 2.83. The summed E-state index contributed by atoms with van der Waals surface area (Å²) in [6, 6.07) is 10.2. The van der Waals surface area contributed by atoms with Crippen LogP contribution in [0.2, 0.25) is 0 Å². The highest BCUT2D eigenvalue weighted by atomic mass is 15.3. The van der Waals surface area contributed by atoms with Gasteiger partial charge in [0.2, 0.25) is 0 Å². The Morgan fingerprint density at radius 3 is 2.80 bits per heavy atom. The van der Waals surface area contributed by atoms with E-state index in [2.05, 4.69) is 36.4 Å². The van der Waals surface area contributed by atoms with Crippen LogP contribution in [-0.2, 0) is 19.5 Å². The number of nitriles is 1. The Hall–Kier alpha value is -2.28. The first-order valence-corrected chi connectivity index (χ1v) is 6.98. The molecule has 0 spiro atoms. The highest BCUT2D eigenvalue weighted by Crippen LogP contribution is 2.19. The molecule has 1 N–H and O–H groups in total. The Morgan fingerprint density at radius 1 is 1.35 bits per heavy atom. The van der Waals surface area contributed by atoms with E-state index in [0.29, 0.717) is 12.1 Å². The second-order valence-electron chi connectivity index (χ2n) is 4.76. The highest BCUT2D eigenvalue weighted by Gasteiger charge is 2.08. The van der Waals surface area contributed by atoms with Crippen LogP contribution in [0.1, 0.15) is 36.4 Å². The summed E-state index contributed by atoms with van der Waals surface area (Å²) in [5, 5.41) is 17.1. The van der Waals surface area contributed by atoms with Crippen LogP contribution in [0.15, 0.2) is 24.3 Å². The summed E-state index contributed by atoms with van der Waals surface area (Å²) in [4.78, 5) is 0. The van der Waals surface area contributed by atoms with E-state index in [1.807, 2.05) is 29.8 Å². The molecule has 2 rings (SSSR count). The summed E-state index contributed by atoms with van der Waals surface area (Å²) < 4.78 is 2.01. The lowest BCUT2D eigenvalue weighted by molar-refractivity contribution is 0.619. The molecule has 0 radical (unpaired) electrons. The van der Waals surface area contributed by atoms with Crippen molar-refractivity contribution in [1.82, 2.24) is 9.78 Å². The lowest BCUT2D eigenvalue weighted by atomic mass is 10.1. The van der Waals surface area contributed by atoms with Crippen molar-refractivity contribution in [3.63, 3.8) is 0 Å². The molecule has 1 aromatic carbocycles. The first-order valence-electron chi connectivity index (χ1n) is 6.98. The van der Waals surface area contributed by atoms with E-state index >= 15 is 0 Å². The average Bonchev–Trinajstić information content (AvgIpc) is 2.87. The van der Waals surface area contributed by atoms with Crippen molar-refractivity contribution >= 4 is 5.69 Å². The number of hydrogen-bond acceptors (Lipinski definition) is 3. The molecule has 4 nitrogen and oxygen atoms in total. The van der Waals surface area contributed by atoms with Crippen LogP contribution >= 0.6 is 0 Å². The van der Waals surface area contributed by atoms with Crippen LogP contribution in [0.4, 0.5) is 5.69 Å². The standard InChI is InChI=1S/C16H20N4/c1-4-13-9-14(20(5-2)19-13)11-18-16-8-6-7-12(3)15(16)10-17/h6-9,18H,4-5,11H2,1-3H3. The van der Waals surface area contributed by atoms with E-state index in [-0.39, 0.29) is 0 Å². The van der Waals surface area contributed by atoms with E-state index in [0.717, 1.165) is 35.6 Å². The van der Waals surface area contributed by atoms with Crippen LogP contribution in [-0.4, -0.2) is 9.78 Å². The molecule has 0 fully saturated rings. The van der Waals surface area contributed by atoms with Crippen molar-refractivity contribution in [2.24, 2.45) is 0 Å². The van der Waals surface area contributed by atoms with E-state index in [1.165, 1.54) is 0 Å². The number of benzene rings is 1. The molecule has 0 aliphatic rings. The molecule has 104 valence electrons. The Kier molecular flexibility index (Phi) is 4.41. The molecule has 0 bridgehead atoms. The van der Waals surface area contributed by atoms with E-state index in [4.69, 9.17) is 0 Å². The molecule has 4 heteroatoms. The lowest BCUT2D eigenvalue weighted by Gasteiger charge is -2.10. The van der Waals surface area contributed by atoms with Crippen LogP contribution in [0.5, 0.6) is 0 Å². The highest BCUT2D eigenvalue weighted by molar-refractivity contribution is 5.60. The summed E-state index contributed by atoms with van der Waals surface area (Å²) in [6.45, 7) is 7.68. The van der Waals surface area contributed by atoms with Crippen molar-refractivity contribution in [3.8, 4) is 6.07 Å². The molecule has 1 heterocycles. The predicted molar refractivity (Wildman–Crippen MR) is 80.5 cm³/mol. The minimum absolute atomic E-state index is 0.680. The molecule has 1 aromatic heterocycles. The van der Waals surface area contributed by atoms with Crippen molar-refractivity contribution < 1.29 is 0 Å². The zero-order chi connectivity index (χ0) is 14.5. The van der Waals surface area contributed by atoms with Crippen molar-refractivity contribution in [2.45, 2.75) is 40.3 Å². The molecular weight excluding hydrogens is 248 g/mol. The molecular formula is C16H20N4. The van der Waals surface area contributed by atoms with Crippen molar-refractivity contribution in [3.05, 3.63) is 46.8 Å². The number of nitrogens with one attached hydrogen (secondary N) is 1. The molecule has 0 aliphatic heterocycles. The van der Waals surface area contributed by atoms with Crippen LogP contribution in [0.25, 0.3) is 0 Å². The maximum absolute atomic E-state index is 9.23. The van der Waals surface area contributed by atoms with Crippen molar-refractivity contribution in [1.29, 1.82) is 5.26 Å². The van der Waals surface area contributed by atoms with Gasteiger partial charge in [-0.1, -0.05) is 19.1 Å². The second-order valence-corrected chi connectivity index (χ2v) is 4.76. The van der Waals surface area contributed by atoms with E-state index in [9.17, 15) is 5.26 Å². The fraction of sp³-hybridized carbons (Fsp3) is 0.375. The zero-order valence-corrected chi connectivity index (χ0v) is 12.3. The van der Waals surface area contributed by atoms with Gasteiger partial charge in [-0.3, -0.25) is 4.68 Å². The van der Waals surface area contributed by atoms with E-state index in [1.54, 1.807) is 0 Å². The minimum Gasteiger partial charge on any atom is -0.378 e. The monoisotopic (exact) mass is 268 g/mol. The maximum Gasteiger partial charge on any atom is 0.102 e. The fourth-order valence-electron chi connectivity index (χ4n) is 2.25. The average molecular weight is 268 g/mol. The second kappa shape index (κ2) is 6.25. The summed E-state index contributed by atoms with van der Waals surface area (Å²) >= 11 is 0. The first kappa shape index (κ1) is 14.1.